The number of amides is 1. The van der Waals surface area contributed by atoms with Gasteiger partial charge >= 0.3 is 0 Å². The Balaban J connectivity index is 1.51. The minimum absolute atomic E-state index is 0.0348. The molecule has 0 aromatic heterocycles. The monoisotopic (exact) mass is 433 g/mol. The third kappa shape index (κ3) is 5.07. The van der Waals surface area contributed by atoms with Crippen LogP contribution in [0.3, 0.4) is 0 Å². The molecule has 0 bridgehead atoms. The number of hydrogen-bond acceptors (Lipinski definition) is 5. The SMILES string of the molecule is CCN1C(=O)C(=Cc2ccc(OCCOc3ccc(Cl)c(C)c3)cc2)SC1=S. The van der Waals surface area contributed by atoms with E-state index in [9.17, 15) is 4.79 Å². The largest absolute Gasteiger partial charge is 0.490 e. The first-order valence-electron chi connectivity index (χ1n) is 8.85. The van der Waals surface area contributed by atoms with Crippen molar-refractivity contribution in [1.82, 2.24) is 4.90 Å². The Morgan fingerprint density at radius 1 is 1.11 bits per heavy atom. The van der Waals surface area contributed by atoms with E-state index in [-0.39, 0.29) is 5.91 Å². The van der Waals surface area contributed by atoms with Gasteiger partial charge < -0.3 is 9.47 Å². The van der Waals surface area contributed by atoms with Crippen molar-refractivity contribution in [3.05, 3.63) is 63.5 Å². The van der Waals surface area contributed by atoms with Gasteiger partial charge in [0.05, 0.1) is 4.91 Å². The molecule has 3 rings (SSSR count). The summed E-state index contributed by atoms with van der Waals surface area (Å²) in [6.45, 7) is 5.30. The van der Waals surface area contributed by atoms with E-state index in [2.05, 4.69) is 0 Å². The lowest BCUT2D eigenvalue weighted by Gasteiger charge is -2.10. The first-order chi connectivity index (χ1) is 13.5. The summed E-state index contributed by atoms with van der Waals surface area (Å²) in [7, 11) is 0. The minimum Gasteiger partial charge on any atom is -0.490 e. The number of ether oxygens (including phenoxy) is 2. The smallest absolute Gasteiger partial charge is 0.266 e. The van der Waals surface area contributed by atoms with Crippen molar-refractivity contribution in [2.24, 2.45) is 0 Å². The third-order valence-corrected chi connectivity index (χ3v) is 5.92. The Morgan fingerprint density at radius 3 is 2.36 bits per heavy atom. The third-order valence-electron chi connectivity index (χ3n) is 4.12. The highest BCUT2D eigenvalue weighted by atomic mass is 35.5. The summed E-state index contributed by atoms with van der Waals surface area (Å²) in [6.07, 6.45) is 1.85. The zero-order valence-corrected chi connectivity index (χ0v) is 18.0. The Bertz CT molecular complexity index is 912. The van der Waals surface area contributed by atoms with Crippen LogP contribution in [0.5, 0.6) is 11.5 Å². The normalized spacial score (nSPS) is 15.4. The van der Waals surface area contributed by atoms with E-state index < -0.39 is 0 Å². The van der Waals surface area contributed by atoms with E-state index in [1.54, 1.807) is 4.90 Å². The molecule has 1 aliphatic heterocycles. The van der Waals surface area contributed by atoms with Crippen molar-refractivity contribution in [3.8, 4) is 11.5 Å². The average Bonchev–Trinajstić information content (AvgIpc) is 2.95. The van der Waals surface area contributed by atoms with E-state index in [0.29, 0.717) is 29.0 Å². The molecule has 7 heteroatoms. The molecule has 1 heterocycles. The standard InChI is InChI=1S/C21H20ClNO3S2/c1-3-23-20(24)19(28-21(23)27)13-15-4-6-16(7-5-15)25-10-11-26-17-8-9-18(22)14(2)12-17/h4-9,12-13H,3,10-11H2,1-2H3. The van der Waals surface area contributed by atoms with E-state index in [4.69, 9.17) is 33.3 Å². The van der Waals surface area contributed by atoms with Gasteiger partial charge in [-0.2, -0.15) is 0 Å². The van der Waals surface area contributed by atoms with Crippen LogP contribution in [0.25, 0.3) is 6.08 Å². The Kier molecular flexibility index (Phi) is 6.99. The molecule has 2 aromatic carbocycles. The number of thiocarbonyl (C=S) groups is 1. The number of rotatable bonds is 7. The molecular weight excluding hydrogens is 414 g/mol. The summed E-state index contributed by atoms with van der Waals surface area (Å²) < 4.78 is 12.0. The van der Waals surface area contributed by atoms with Crippen molar-refractivity contribution in [1.29, 1.82) is 0 Å². The van der Waals surface area contributed by atoms with E-state index >= 15 is 0 Å². The fraction of sp³-hybridized carbons (Fsp3) is 0.238. The van der Waals surface area contributed by atoms with Crippen molar-refractivity contribution in [3.63, 3.8) is 0 Å². The number of carbonyl (C=O) groups is 1. The van der Waals surface area contributed by atoms with Crippen LogP contribution < -0.4 is 9.47 Å². The molecule has 1 amide bonds. The number of hydrogen-bond donors (Lipinski definition) is 0. The van der Waals surface area contributed by atoms with Crippen molar-refractivity contribution in [2.45, 2.75) is 13.8 Å². The molecule has 2 aromatic rings. The number of aryl methyl sites for hydroxylation is 1. The molecule has 0 saturated carbocycles. The van der Waals surface area contributed by atoms with Gasteiger partial charge in [0.15, 0.2) is 0 Å². The second-order valence-corrected chi connectivity index (χ2v) is 8.19. The lowest BCUT2D eigenvalue weighted by atomic mass is 10.2. The highest BCUT2D eigenvalue weighted by Crippen LogP contribution is 2.32. The molecule has 1 fully saturated rings. The van der Waals surface area contributed by atoms with Gasteiger partial charge in [-0.15, -0.1) is 0 Å². The molecule has 4 nitrogen and oxygen atoms in total. The van der Waals surface area contributed by atoms with Gasteiger partial charge in [-0.3, -0.25) is 9.69 Å². The summed E-state index contributed by atoms with van der Waals surface area (Å²) >= 11 is 12.6. The minimum atomic E-state index is -0.0348. The van der Waals surface area contributed by atoms with Gasteiger partial charge in [0.25, 0.3) is 5.91 Å². The van der Waals surface area contributed by atoms with Crippen LogP contribution in [0.1, 0.15) is 18.1 Å². The predicted octanol–water partition coefficient (Wildman–Crippen LogP) is 5.33. The number of likely N-dealkylation sites (N-methyl/N-ethyl adjacent to an activating group) is 1. The first-order valence-corrected chi connectivity index (χ1v) is 10.5. The lowest BCUT2D eigenvalue weighted by molar-refractivity contribution is -0.121. The summed E-state index contributed by atoms with van der Waals surface area (Å²) in [5.74, 6) is 1.48. The number of nitrogens with zero attached hydrogens (tertiary/aromatic N) is 1. The molecule has 0 N–H and O–H groups in total. The van der Waals surface area contributed by atoms with E-state index in [1.165, 1.54) is 11.8 Å². The lowest BCUT2D eigenvalue weighted by Crippen LogP contribution is -2.27. The van der Waals surface area contributed by atoms with Crippen LogP contribution in [0, 0.1) is 6.92 Å². The van der Waals surface area contributed by atoms with E-state index in [0.717, 1.165) is 27.6 Å². The zero-order valence-electron chi connectivity index (χ0n) is 15.6. The molecule has 28 heavy (non-hydrogen) atoms. The second kappa shape index (κ2) is 9.45. The van der Waals surface area contributed by atoms with Gasteiger partial charge in [-0.25, -0.2) is 0 Å². The van der Waals surface area contributed by atoms with Crippen molar-refractivity contribution < 1.29 is 14.3 Å². The van der Waals surface area contributed by atoms with Crippen LogP contribution in [0.4, 0.5) is 0 Å². The fourth-order valence-corrected chi connectivity index (χ4v) is 4.11. The second-order valence-electron chi connectivity index (χ2n) is 6.10. The predicted molar refractivity (Wildman–Crippen MR) is 119 cm³/mol. The first kappa shape index (κ1) is 20.7. The maximum absolute atomic E-state index is 12.3. The quantitative estimate of drug-likeness (QED) is 0.335. The van der Waals surface area contributed by atoms with Crippen LogP contribution in [0.15, 0.2) is 47.4 Å². The molecule has 0 atom stereocenters. The highest BCUT2D eigenvalue weighted by molar-refractivity contribution is 8.26. The molecule has 0 radical (unpaired) electrons. The van der Waals surface area contributed by atoms with Crippen molar-refractivity contribution in [2.75, 3.05) is 19.8 Å². The van der Waals surface area contributed by atoms with Gasteiger partial charge in [-0.05, 0) is 61.4 Å². The molecule has 146 valence electrons. The van der Waals surface area contributed by atoms with Gasteiger partial charge in [0.1, 0.15) is 29.0 Å². The number of thioether (sulfide) groups is 1. The maximum Gasteiger partial charge on any atom is 0.266 e. The molecule has 0 unspecified atom stereocenters. The highest BCUT2D eigenvalue weighted by Gasteiger charge is 2.30. The van der Waals surface area contributed by atoms with Crippen LogP contribution in [0.2, 0.25) is 5.02 Å². The van der Waals surface area contributed by atoms with Crippen LogP contribution in [-0.2, 0) is 4.79 Å². The summed E-state index contributed by atoms with van der Waals surface area (Å²) in [4.78, 5) is 14.5. The maximum atomic E-state index is 12.3. The Hall–Kier alpha value is -2.02. The fourth-order valence-electron chi connectivity index (χ4n) is 2.61. The summed E-state index contributed by atoms with van der Waals surface area (Å²) in [6, 6.07) is 13.1. The molecule has 0 aliphatic carbocycles. The van der Waals surface area contributed by atoms with Crippen LogP contribution in [-0.4, -0.2) is 34.9 Å². The molecule has 1 saturated heterocycles. The van der Waals surface area contributed by atoms with Crippen LogP contribution >= 0.6 is 35.6 Å². The average molecular weight is 434 g/mol. The Morgan fingerprint density at radius 2 is 1.75 bits per heavy atom. The van der Waals surface area contributed by atoms with Gasteiger partial charge in [0.2, 0.25) is 0 Å². The number of carbonyl (C=O) groups excluding carboxylic acids is 1. The molecule has 0 spiro atoms. The topological polar surface area (TPSA) is 38.8 Å². The number of halogens is 1. The Labute approximate surface area is 179 Å². The van der Waals surface area contributed by atoms with Gasteiger partial charge in [0, 0.05) is 11.6 Å². The molecule has 1 aliphatic rings. The summed E-state index contributed by atoms with van der Waals surface area (Å²) in [5.41, 5.74) is 1.91. The molecular formula is C21H20ClNO3S2. The van der Waals surface area contributed by atoms with Gasteiger partial charge in [-0.1, -0.05) is 47.7 Å². The zero-order chi connectivity index (χ0) is 20.1. The summed E-state index contributed by atoms with van der Waals surface area (Å²) in [5, 5.41) is 0.723. The van der Waals surface area contributed by atoms with Crippen molar-refractivity contribution >= 4 is 51.9 Å². The number of benzene rings is 2. The van der Waals surface area contributed by atoms with E-state index in [1.807, 2.05) is 62.4 Å².